The third-order valence-electron chi connectivity index (χ3n) is 3.20. The standard InChI is InChI=1S/C11H24N2O/c1-5-13(6-2,7-3)10-8-9-12-11(4)14/h5-10H2,1-4H3/p+1. The molecule has 0 unspecified atom stereocenters. The molecule has 84 valence electrons. The molecule has 1 N–H and O–H groups in total. The van der Waals surface area contributed by atoms with Gasteiger partial charge in [-0.1, -0.05) is 0 Å². The highest BCUT2D eigenvalue weighted by molar-refractivity contribution is 5.72. The fraction of sp³-hybridized carbons (Fsp3) is 0.909. The summed E-state index contributed by atoms with van der Waals surface area (Å²) in [6, 6.07) is 0. The Balaban J connectivity index is 3.77. The first-order valence-electron chi connectivity index (χ1n) is 5.69. The molecule has 0 radical (unpaired) electrons. The lowest BCUT2D eigenvalue weighted by atomic mass is 10.3. The average molecular weight is 201 g/mol. The first-order chi connectivity index (χ1) is 6.60. The molecule has 0 aliphatic carbocycles. The molecule has 0 heterocycles. The summed E-state index contributed by atoms with van der Waals surface area (Å²) in [6.45, 7) is 13.8. The summed E-state index contributed by atoms with van der Waals surface area (Å²) in [5, 5.41) is 2.84. The second-order valence-electron chi connectivity index (χ2n) is 3.85. The largest absolute Gasteiger partial charge is 0.356 e. The van der Waals surface area contributed by atoms with Crippen LogP contribution in [0.25, 0.3) is 0 Å². The van der Waals surface area contributed by atoms with E-state index in [2.05, 4.69) is 26.1 Å². The molecule has 0 aromatic heterocycles. The molecule has 1 amide bonds. The summed E-state index contributed by atoms with van der Waals surface area (Å²) < 4.78 is 1.17. The van der Waals surface area contributed by atoms with Crippen molar-refractivity contribution < 1.29 is 9.28 Å². The van der Waals surface area contributed by atoms with E-state index in [4.69, 9.17) is 0 Å². The predicted molar refractivity (Wildman–Crippen MR) is 60.1 cm³/mol. The van der Waals surface area contributed by atoms with Gasteiger partial charge in [0.05, 0.1) is 26.2 Å². The van der Waals surface area contributed by atoms with E-state index in [0.717, 1.165) is 13.0 Å². The minimum absolute atomic E-state index is 0.0765. The van der Waals surface area contributed by atoms with Crippen molar-refractivity contribution in [1.82, 2.24) is 5.32 Å². The zero-order valence-corrected chi connectivity index (χ0v) is 10.1. The second kappa shape index (κ2) is 6.82. The fourth-order valence-corrected chi connectivity index (χ4v) is 1.82. The smallest absolute Gasteiger partial charge is 0.216 e. The molecule has 0 atom stereocenters. The maximum atomic E-state index is 10.7. The van der Waals surface area contributed by atoms with E-state index in [1.54, 1.807) is 6.92 Å². The maximum Gasteiger partial charge on any atom is 0.216 e. The van der Waals surface area contributed by atoms with Gasteiger partial charge in [-0.2, -0.15) is 0 Å². The van der Waals surface area contributed by atoms with E-state index >= 15 is 0 Å². The van der Waals surface area contributed by atoms with Crippen LogP contribution in [0, 0.1) is 0 Å². The molecule has 0 spiro atoms. The molecular formula is C11H25N2O+. The number of quaternary nitrogens is 1. The Morgan fingerprint density at radius 2 is 1.64 bits per heavy atom. The number of amides is 1. The summed E-state index contributed by atoms with van der Waals surface area (Å²) in [5.41, 5.74) is 0. The number of hydrogen-bond donors (Lipinski definition) is 1. The van der Waals surface area contributed by atoms with Crippen molar-refractivity contribution in [2.75, 3.05) is 32.7 Å². The van der Waals surface area contributed by atoms with Crippen LogP contribution >= 0.6 is 0 Å². The average Bonchev–Trinajstić information content (AvgIpc) is 2.19. The third kappa shape index (κ3) is 4.61. The van der Waals surface area contributed by atoms with Crippen LogP contribution in [0.3, 0.4) is 0 Å². The molecular weight excluding hydrogens is 176 g/mol. The number of rotatable bonds is 7. The van der Waals surface area contributed by atoms with Crippen LogP contribution < -0.4 is 5.32 Å². The zero-order valence-electron chi connectivity index (χ0n) is 10.1. The minimum Gasteiger partial charge on any atom is -0.356 e. The van der Waals surface area contributed by atoms with Crippen LogP contribution in [0.1, 0.15) is 34.1 Å². The number of carbonyl (C=O) groups excluding carboxylic acids is 1. The van der Waals surface area contributed by atoms with Crippen molar-refractivity contribution in [1.29, 1.82) is 0 Å². The Bertz CT molecular complexity index is 156. The quantitative estimate of drug-likeness (QED) is 0.489. The fourth-order valence-electron chi connectivity index (χ4n) is 1.82. The molecule has 0 saturated heterocycles. The van der Waals surface area contributed by atoms with Crippen LogP contribution in [0.15, 0.2) is 0 Å². The zero-order chi connectivity index (χ0) is 11.0. The lowest BCUT2D eigenvalue weighted by molar-refractivity contribution is -0.923. The van der Waals surface area contributed by atoms with Gasteiger partial charge in [0.25, 0.3) is 0 Å². The monoisotopic (exact) mass is 201 g/mol. The molecule has 14 heavy (non-hydrogen) atoms. The van der Waals surface area contributed by atoms with Crippen molar-refractivity contribution >= 4 is 5.91 Å². The van der Waals surface area contributed by atoms with E-state index in [9.17, 15) is 4.79 Å². The first-order valence-corrected chi connectivity index (χ1v) is 5.69. The topological polar surface area (TPSA) is 29.1 Å². The van der Waals surface area contributed by atoms with E-state index < -0.39 is 0 Å². The van der Waals surface area contributed by atoms with Gasteiger partial charge in [-0.25, -0.2) is 0 Å². The van der Waals surface area contributed by atoms with Crippen molar-refractivity contribution in [3.8, 4) is 0 Å². The molecule has 0 aliphatic rings. The molecule has 0 fully saturated rings. The van der Waals surface area contributed by atoms with Crippen molar-refractivity contribution in [3.63, 3.8) is 0 Å². The molecule has 3 heteroatoms. The minimum atomic E-state index is 0.0765. The highest BCUT2D eigenvalue weighted by atomic mass is 16.1. The number of hydrogen-bond acceptors (Lipinski definition) is 1. The van der Waals surface area contributed by atoms with Gasteiger partial charge in [-0.3, -0.25) is 4.79 Å². The third-order valence-corrected chi connectivity index (χ3v) is 3.20. The van der Waals surface area contributed by atoms with Gasteiger partial charge in [0.1, 0.15) is 0 Å². The van der Waals surface area contributed by atoms with E-state index in [1.165, 1.54) is 30.7 Å². The molecule has 0 aromatic carbocycles. The van der Waals surface area contributed by atoms with Gasteiger partial charge in [0.15, 0.2) is 0 Å². The molecule has 0 rings (SSSR count). The van der Waals surface area contributed by atoms with E-state index in [1.807, 2.05) is 0 Å². The Morgan fingerprint density at radius 1 is 1.14 bits per heavy atom. The SMILES string of the molecule is CC[N+](CC)(CC)CCCNC(C)=O. The van der Waals surface area contributed by atoms with Gasteiger partial charge in [0.2, 0.25) is 5.91 Å². The number of nitrogens with one attached hydrogen (secondary N) is 1. The van der Waals surface area contributed by atoms with E-state index in [-0.39, 0.29) is 5.91 Å². The van der Waals surface area contributed by atoms with Gasteiger partial charge in [-0.15, -0.1) is 0 Å². The van der Waals surface area contributed by atoms with Gasteiger partial charge < -0.3 is 9.80 Å². The van der Waals surface area contributed by atoms with Crippen LogP contribution in [-0.2, 0) is 4.79 Å². The highest BCUT2D eigenvalue weighted by Gasteiger charge is 2.19. The Labute approximate surface area is 88.1 Å². The van der Waals surface area contributed by atoms with Gasteiger partial charge >= 0.3 is 0 Å². The summed E-state index contributed by atoms with van der Waals surface area (Å²) in [6.07, 6.45) is 1.08. The normalized spacial score (nSPS) is 11.4. The van der Waals surface area contributed by atoms with Crippen LogP contribution in [0.5, 0.6) is 0 Å². The Kier molecular flexibility index (Phi) is 6.54. The van der Waals surface area contributed by atoms with Crippen LogP contribution in [0.2, 0.25) is 0 Å². The molecule has 0 saturated carbocycles. The van der Waals surface area contributed by atoms with Crippen molar-refractivity contribution in [2.45, 2.75) is 34.1 Å². The van der Waals surface area contributed by atoms with Gasteiger partial charge in [0, 0.05) is 19.9 Å². The lowest BCUT2D eigenvalue weighted by Gasteiger charge is -2.35. The molecule has 0 aliphatic heterocycles. The summed E-state index contributed by atoms with van der Waals surface area (Å²) >= 11 is 0. The molecule has 0 bridgehead atoms. The molecule has 0 aromatic rings. The lowest BCUT2D eigenvalue weighted by Crippen LogP contribution is -2.48. The summed E-state index contributed by atoms with van der Waals surface area (Å²) in [7, 11) is 0. The number of nitrogens with zero attached hydrogens (tertiary/aromatic N) is 1. The summed E-state index contributed by atoms with van der Waals surface area (Å²) in [5.74, 6) is 0.0765. The van der Waals surface area contributed by atoms with Crippen LogP contribution in [-0.4, -0.2) is 43.1 Å². The molecule has 3 nitrogen and oxygen atoms in total. The highest BCUT2D eigenvalue weighted by Crippen LogP contribution is 2.06. The Hall–Kier alpha value is -0.570. The van der Waals surface area contributed by atoms with E-state index in [0.29, 0.717) is 0 Å². The van der Waals surface area contributed by atoms with Gasteiger partial charge in [-0.05, 0) is 20.8 Å². The van der Waals surface area contributed by atoms with Crippen molar-refractivity contribution in [3.05, 3.63) is 0 Å². The maximum absolute atomic E-state index is 10.7. The second-order valence-corrected chi connectivity index (χ2v) is 3.85. The first kappa shape index (κ1) is 13.4. The predicted octanol–water partition coefficient (Wildman–Crippen LogP) is 1.39. The number of carbonyl (C=O) groups is 1. The van der Waals surface area contributed by atoms with Crippen LogP contribution in [0.4, 0.5) is 0 Å². The Morgan fingerprint density at radius 3 is 2.00 bits per heavy atom. The summed E-state index contributed by atoms with van der Waals surface area (Å²) in [4.78, 5) is 10.7. The van der Waals surface area contributed by atoms with Crippen molar-refractivity contribution in [2.24, 2.45) is 0 Å².